The number of nitrogens with one attached hydrogen (secondary N) is 1. The van der Waals surface area contributed by atoms with Gasteiger partial charge < -0.3 is 14.8 Å². The van der Waals surface area contributed by atoms with Crippen molar-refractivity contribution >= 4 is 17.4 Å². The maximum Gasteiger partial charge on any atom is 0.224 e. The van der Waals surface area contributed by atoms with Crippen molar-refractivity contribution in [1.82, 2.24) is 0 Å². The maximum absolute atomic E-state index is 12.5. The molecule has 142 valence electrons. The van der Waals surface area contributed by atoms with Gasteiger partial charge in [0.15, 0.2) is 5.78 Å². The Morgan fingerprint density at radius 2 is 1.70 bits per heavy atom. The predicted octanol–water partition coefficient (Wildman–Crippen LogP) is 4.18. The van der Waals surface area contributed by atoms with Crippen LogP contribution in [0, 0.1) is 0 Å². The van der Waals surface area contributed by atoms with Crippen LogP contribution in [0.5, 0.6) is 11.5 Å². The number of hydrogen-bond donors (Lipinski definition) is 1. The minimum atomic E-state index is -0.218. The monoisotopic (exact) mass is 367 g/mol. The first-order valence-corrected chi connectivity index (χ1v) is 9.27. The zero-order chi connectivity index (χ0) is 19.2. The molecule has 5 heteroatoms. The highest BCUT2D eigenvalue weighted by Gasteiger charge is 2.15. The Kier molecular flexibility index (Phi) is 6.12. The van der Waals surface area contributed by atoms with Crippen molar-refractivity contribution in [3.05, 3.63) is 53.1 Å². The van der Waals surface area contributed by atoms with Crippen LogP contribution in [-0.4, -0.2) is 25.9 Å². The molecule has 0 atom stereocenters. The summed E-state index contributed by atoms with van der Waals surface area (Å²) in [7, 11) is 3.10. The molecular weight excluding hydrogens is 342 g/mol. The average Bonchev–Trinajstić information content (AvgIpc) is 2.71. The van der Waals surface area contributed by atoms with Crippen molar-refractivity contribution < 1.29 is 19.1 Å². The second-order valence-corrected chi connectivity index (χ2v) is 6.73. The van der Waals surface area contributed by atoms with E-state index >= 15 is 0 Å². The molecule has 1 aliphatic carbocycles. The number of fused-ring (bicyclic) bond motifs is 1. The molecule has 0 aromatic heterocycles. The molecule has 0 heterocycles. The van der Waals surface area contributed by atoms with Crippen LogP contribution in [-0.2, 0) is 17.6 Å². The fourth-order valence-corrected chi connectivity index (χ4v) is 3.39. The summed E-state index contributed by atoms with van der Waals surface area (Å²) in [6, 6.07) is 11.1. The molecule has 0 saturated heterocycles. The number of amides is 1. The maximum atomic E-state index is 12.5. The van der Waals surface area contributed by atoms with Gasteiger partial charge >= 0.3 is 0 Å². The van der Waals surface area contributed by atoms with Gasteiger partial charge in [-0.15, -0.1) is 0 Å². The normalized spacial score (nSPS) is 12.8. The third kappa shape index (κ3) is 4.67. The number of benzene rings is 2. The van der Waals surface area contributed by atoms with E-state index in [1.165, 1.54) is 31.1 Å². The van der Waals surface area contributed by atoms with Gasteiger partial charge in [-0.2, -0.15) is 0 Å². The van der Waals surface area contributed by atoms with Crippen LogP contribution in [0.2, 0.25) is 0 Å². The van der Waals surface area contributed by atoms with Crippen LogP contribution in [0.25, 0.3) is 0 Å². The molecular formula is C22H25NO4. The average molecular weight is 367 g/mol. The quantitative estimate of drug-likeness (QED) is 0.746. The van der Waals surface area contributed by atoms with Crippen molar-refractivity contribution in [1.29, 1.82) is 0 Å². The molecule has 5 nitrogen and oxygen atoms in total. The van der Waals surface area contributed by atoms with E-state index in [1.807, 2.05) is 12.1 Å². The van der Waals surface area contributed by atoms with Gasteiger partial charge in [-0.25, -0.2) is 0 Å². The first-order valence-electron chi connectivity index (χ1n) is 9.27. The number of ether oxygens (including phenoxy) is 2. The van der Waals surface area contributed by atoms with E-state index in [1.54, 1.807) is 25.3 Å². The zero-order valence-electron chi connectivity index (χ0n) is 15.8. The van der Waals surface area contributed by atoms with Gasteiger partial charge in [0.2, 0.25) is 5.91 Å². The Balaban J connectivity index is 1.58. The minimum absolute atomic E-state index is 0.000203. The van der Waals surface area contributed by atoms with Crippen molar-refractivity contribution in [2.24, 2.45) is 0 Å². The third-order valence-electron chi connectivity index (χ3n) is 4.93. The van der Waals surface area contributed by atoms with E-state index in [-0.39, 0.29) is 24.5 Å². The fraction of sp³-hybridized carbons (Fsp3) is 0.364. The van der Waals surface area contributed by atoms with Crippen LogP contribution < -0.4 is 14.8 Å². The molecule has 0 saturated carbocycles. The highest BCUT2D eigenvalue weighted by atomic mass is 16.5. The number of carbonyl (C=O) groups is 2. The SMILES string of the molecule is COc1ccc(NC(=O)CCC(=O)c2ccc3c(c2)CCCC3)c(OC)c1. The van der Waals surface area contributed by atoms with E-state index in [4.69, 9.17) is 9.47 Å². The highest BCUT2D eigenvalue weighted by molar-refractivity contribution is 6.00. The number of aryl methyl sites for hydroxylation is 2. The smallest absolute Gasteiger partial charge is 0.224 e. The molecule has 1 aliphatic rings. The van der Waals surface area contributed by atoms with Crippen LogP contribution in [0.3, 0.4) is 0 Å². The molecule has 1 amide bonds. The number of anilines is 1. The van der Waals surface area contributed by atoms with Gasteiger partial charge in [-0.05, 0) is 55.0 Å². The minimum Gasteiger partial charge on any atom is -0.497 e. The summed E-state index contributed by atoms with van der Waals surface area (Å²) >= 11 is 0. The lowest BCUT2D eigenvalue weighted by atomic mass is 9.89. The fourth-order valence-electron chi connectivity index (χ4n) is 3.39. The topological polar surface area (TPSA) is 64.6 Å². The standard InChI is InChI=1S/C22H25NO4/c1-26-18-9-10-19(21(14-18)27-2)23-22(25)12-11-20(24)17-8-7-15-5-3-4-6-16(15)13-17/h7-10,13-14H,3-6,11-12H2,1-2H3,(H,23,25). The summed E-state index contributed by atoms with van der Waals surface area (Å²) in [5, 5.41) is 2.80. The van der Waals surface area contributed by atoms with Crippen LogP contribution >= 0.6 is 0 Å². The van der Waals surface area contributed by atoms with Crippen LogP contribution in [0.4, 0.5) is 5.69 Å². The summed E-state index contributed by atoms with van der Waals surface area (Å²) in [6.45, 7) is 0. The van der Waals surface area contributed by atoms with Crippen molar-refractivity contribution in [2.45, 2.75) is 38.5 Å². The van der Waals surface area contributed by atoms with Gasteiger partial charge in [0.25, 0.3) is 0 Å². The molecule has 0 spiro atoms. The van der Waals surface area contributed by atoms with E-state index < -0.39 is 0 Å². The number of ketones is 1. The van der Waals surface area contributed by atoms with Crippen LogP contribution in [0.1, 0.15) is 47.2 Å². The number of carbonyl (C=O) groups excluding carboxylic acids is 2. The van der Waals surface area contributed by atoms with E-state index in [2.05, 4.69) is 11.4 Å². The Morgan fingerprint density at radius 1 is 0.926 bits per heavy atom. The Labute approximate surface area is 159 Å². The molecule has 0 fully saturated rings. The Morgan fingerprint density at radius 3 is 2.44 bits per heavy atom. The largest absolute Gasteiger partial charge is 0.497 e. The highest BCUT2D eigenvalue weighted by Crippen LogP contribution is 2.29. The third-order valence-corrected chi connectivity index (χ3v) is 4.93. The molecule has 2 aromatic carbocycles. The van der Waals surface area contributed by atoms with Gasteiger partial charge in [-0.3, -0.25) is 9.59 Å². The summed E-state index contributed by atoms with van der Waals surface area (Å²) in [4.78, 5) is 24.7. The molecule has 0 unspecified atom stereocenters. The van der Waals surface area contributed by atoms with Crippen molar-refractivity contribution in [2.75, 3.05) is 19.5 Å². The number of hydrogen-bond acceptors (Lipinski definition) is 4. The number of methoxy groups -OCH3 is 2. The number of rotatable bonds is 7. The van der Waals surface area contributed by atoms with Gasteiger partial charge in [-0.1, -0.05) is 12.1 Å². The summed E-state index contributed by atoms with van der Waals surface area (Å²) < 4.78 is 10.4. The summed E-state index contributed by atoms with van der Waals surface area (Å²) in [6.07, 6.45) is 4.84. The summed E-state index contributed by atoms with van der Waals surface area (Å²) in [5.74, 6) is 0.946. The van der Waals surface area contributed by atoms with E-state index in [0.29, 0.717) is 22.7 Å². The lowest BCUT2D eigenvalue weighted by molar-refractivity contribution is -0.116. The van der Waals surface area contributed by atoms with Gasteiger partial charge in [0, 0.05) is 24.5 Å². The lowest BCUT2D eigenvalue weighted by Gasteiger charge is -2.16. The second-order valence-electron chi connectivity index (χ2n) is 6.73. The van der Waals surface area contributed by atoms with Crippen molar-refractivity contribution in [3.8, 4) is 11.5 Å². The number of Topliss-reactive ketones (excluding diaryl/α,β-unsaturated/α-hetero) is 1. The van der Waals surface area contributed by atoms with Gasteiger partial charge in [0.05, 0.1) is 19.9 Å². The molecule has 0 radical (unpaired) electrons. The predicted molar refractivity (Wildman–Crippen MR) is 105 cm³/mol. The summed E-state index contributed by atoms with van der Waals surface area (Å²) in [5.41, 5.74) is 3.89. The van der Waals surface area contributed by atoms with E-state index in [0.717, 1.165) is 12.8 Å². The second kappa shape index (κ2) is 8.71. The lowest BCUT2D eigenvalue weighted by Crippen LogP contribution is -2.14. The molecule has 27 heavy (non-hydrogen) atoms. The molecule has 1 N–H and O–H groups in total. The van der Waals surface area contributed by atoms with E-state index in [9.17, 15) is 9.59 Å². The molecule has 0 bridgehead atoms. The first-order chi connectivity index (χ1) is 13.1. The molecule has 0 aliphatic heterocycles. The molecule has 2 aromatic rings. The van der Waals surface area contributed by atoms with Crippen molar-refractivity contribution in [3.63, 3.8) is 0 Å². The Hall–Kier alpha value is -2.82. The van der Waals surface area contributed by atoms with Gasteiger partial charge in [0.1, 0.15) is 11.5 Å². The molecule has 3 rings (SSSR count). The zero-order valence-corrected chi connectivity index (χ0v) is 15.8. The van der Waals surface area contributed by atoms with Crippen LogP contribution in [0.15, 0.2) is 36.4 Å². The Bertz CT molecular complexity index is 844. The first kappa shape index (κ1) is 19.0.